The molecule has 100 valence electrons. The van der Waals surface area contributed by atoms with Crippen molar-refractivity contribution in [2.24, 2.45) is 11.7 Å². The molecule has 0 aromatic heterocycles. The van der Waals surface area contributed by atoms with E-state index in [4.69, 9.17) is 5.73 Å². The average Bonchev–Trinajstić information content (AvgIpc) is 2.35. The Morgan fingerprint density at radius 2 is 1.76 bits per heavy atom. The molecule has 0 spiro atoms. The Bertz CT molecular complexity index is 228. The molecule has 4 nitrogen and oxygen atoms in total. The van der Waals surface area contributed by atoms with Crippen molar-refractivity contribution >= 4 is 0 Å². The van der Waals surface area contributed by atoms with Crippen LogP contribution in [0.4, 0.5) is 0 Å². The molecule has 0 radical (unpaired) electrons. The van der Waals surface area contributed by atoms with E-state index in [9.17, 15) is 0 Å². The summed E-state index contributed by atoms with van der Waals surface area (Å²) in [5, 5.41) is 2.39. The topological polar surface area (TPSA) is 44.5 Å². The lowest BCUT2D eigenvalue weighted by Gasteiger charge is -2.45. The van der Waals surface area contributed by atoms with Crippen molar-refractivity contribution in [1.29, 1.82) is 0 Å². The van der Waals surface area contributed by atoms with Crippen molar-refractivity contribution in [1.82, 2.24) is 15.3 Å². The minimum atomic E-state index is 0.183. The van der Waals surface area contributed by atoms with Crippen molar-refractivity contribution in [2.45, 2.75) is 38.1 Å². The van der Waals surface area contributed by atoms with Crippen LogP contribution in [-0.4, -0.2) is 55.2 Å². The van der Waals surface area contributed by atoms with Crippen LogP contribution in [0.25, 0.3) is 0 Å². The highest BCUT2D eigenvalue weighted by Gasteiger charge is 2.34. The van der Waals surface area contributed by atoms with Crippen LogP contribution in [0.15, 0.2) is 0 Å². The van der Waals surface area contributed by atoms with E-state index in [1.165, 1.54) is 25.7 Å². The van der Waals surface area contributed by atoms with Crippen LogP contribution in [0.3, 0.4) is 0 Å². The fraction of sp³-hybridized carbons (Fsp3) is 1.00. The summed E-state index contributed by atoms with van der Waals surface area (Å²) in [5.74, 6) is 0.879. The van der Waals surface area contributed by atoms with Gasteiger partial charge in [0.25, 0.3) is 0 Å². The molecule has 0 aromatic carbocycles. The number of nitrogens with one attached hydrogen (secondary N) is 1. The zero-order valence-electron chi connectivity index (χ0n) is 11.4. The Hall–Kier alpha value is -0.160. The number of nitrogens with two attached hydrogens (primary N) is 1. The summed E-state index contributed by atoms with van der Waals surface area (Å²) in [4.78, 5) is 2.39. The van der Waals surface area contributed by atoms with Crippen LogP contribution >= 0.6 is 0 Å². The molecule has 2 aliphatic rings. The predicted octanol–water partition coefficient (Wildman–Crippen LogP) is 0.646. The summed E-state index contributed by atoms with van der Waals surface area (Å²) in [6.07, 6.45) is 5.10. The van der Waals surface area contributed by atoms with Gasteiger partial charge in [-0.3, -0.25) is 0 Å². The molecule has 0 amide bonds. The van der Waals surface area contributed by atoms with Crippen molar-refractivity contribution in [3.05, 3.63) is 0 Å². The van der Waals surface area contributed by atoms with E-state index in [1.54, 1.807) is 0 Å². The van der Waals surface area contributed by atoms with Crippen molar-refractivity contribution in [3.8, 4) is 0 Å². The summed E-state index contributed by atoms with van der Waals surface area (Å²) in [7, 11) is 2.19. The van der Waals surface area contributed by atoms with E-state index in [-0.39, 0.29) is 5.54 Å². The van der Waals surface area contributed by atoms with Gasteiger partial charge in [-0.05, 0) is 38.6 Å². The Labute approximate surface area is 105 Å². The Kier molecular flexibility index (Phi) is 4.42. The first kappa shape index (κ1) is 13.3. The van der Waals surface area contributed by atoms with E-state index in [0.717, 1.165) is 38.6 Å². The molecule has 1 saturated carbocycles. The van der Waals surface area contributed by atoms with Crippen LogP contribution in [0.1, 0.15) is 32.6 Å². The third kappa shape index (κ3) is 3.41. The van der Waals surface area contributed by atoms with Gasteiger partial charge in [0, 0.05) is 38.3 Å². The summed E-state index contributed by atoms with van der Waals surface area (Å²) >= 11 is 0. The molecule has 1 aliphatic heterocycles. The lowest BCUT2D eigenvalue weighted by Crippen LogP contribution is -2.62. The number of hydrazine groups is 1. The molecular formula is C13H28N4. The van der Waals surface area contributed by atoms with E-state index in [1.807, 2.05) is 0 Å². The molecule has 0 aromatic rings. The van der Waals surface area contributed by atoms with Gasteiger partial charge in [-0.25, -0.2) is 10.4 Å². The SMILES string of the molecule is CC1CCC(CN)(NN2CCN(C)CC2)CC1. The van der Waals surface area contributed by atoms with E-state index in [0.29, 0.717) is 0 Å². The van der Waals surface area contributed by atoms with Gasteiger partial charge in [0.15, 0.2) is 0 Å². The molecule has 0 bridgehead atoms. The molecule has 1 heterocycles. The molecular weight excluding hydrogens is 212 g/mol. The molecule has 3 N–H and O–H groups in total. The number of piperazine rings is 1. The fourth-order valence-corrected chi connectivity index (χ4v) is 2.93. The fourth-order valence-electron chi connectivity index (χ4n) is 2.93. The highest BCUT2D eigenvalue weighted by atomic mass is 15.5. The molecule has 17 heavy (non-hydrogen) atoms. The second-order valence-corrected chi connectivity index (χ2v) is 6.07. The first-order chi connectivity index (χ1) is 8.13. The van der Waals surface area contributed by atoms with Crippen LogP contribution in [0, 0.1) is 5.92 Å². The quantitative estimate of drug-likeness (QED) is 0.760. The van der Waals surface area contributed by atoms with Gasteiger partial charge in [0.05, 0.1) is 0 Å². The monoisotopic (exact) mass is 240 g/mol. The maximum atomic E-state index is 6.03. The highest BCUT2D eigenvalue weighted by molar-refractivity contribution is 4.92. The van der Waals surface area contributed by atoms with E-state index in [2.05, 4.69) is 29.3 Å². The number of hydrogen-bond donors (Lipinski definition) is 2. The molecule has 4 heteroatoms. The summed E-state index contributed by atoms with van der Waals surface area (Å²) < 4.78 is 0. The number of rotatable bonds is 3. The lowest BCUT2D eigenvalue weighted by molar-refractivity contribution is 0.0337. The number of likely N-dealkylation sites (N-methyl/N-ethyl adjacent to an activating group) is 1. The standard InChI is InChI=1S/C13H28N4/c1-12-3-5-13(11-14,6-4-12)15-17-9-7-16(2)8-10-17/h12,15H,3-11,14H2,1-2H3. The maximum Gasteiger partial charge on any atom is 0.0448 e. The molecule has 2 fully saturated rings. The molecule has 0 unspecified atom stereocenters. The van der Waals surface area contributed by atoms with Crippen LogP contribution in [0.2, 0.25) is 0 Å². The molecule has 2 rings (SSSR count). The van der Waals surface area contributed by atoms with Crippen molar-refractivity contribution in [3.63, 3.8) is 0 Å². The van der Waals surface area contributed by atoms with Gasteiger partial charge in [0.1, 0.15) is 0 Å². The van der Waals surface area contributed by atoms with Crippen LogP contribution in [-0.2, 0) is 0 Å². The van der Waals surface area contributed by atoms with Gasteiger partial charge < -0.3 is 10.6 Å². The van der Waals surface area contributed by atoms with Crippen molar-refractivity contribution < 1.29 is 0 Å². The summed E-state index contributed by atoms with van der Waals surface area (Å²) in [6.45, 7) is 7.68. The zero-order valence-corrected chi connectivity index (χ0v) is 11.4. The Morgan fingerprint density at radius 3 is 2.29 bits per heavy atom. The molecule has 0 atom stereocenters. The first-order valence-corrected chi connectivity index (χ1v) is 7.05. The van der Waals surface area contributed by atoms with Gasteiger partial charge >= 0.3 is 0 Å². The highest BCUT2D eigenvalue weighted by Crippen LogP contribution is 2.31. The minimum Gasteiger partial charge on any atom is -0.329 e. The number of hydrogen-bond acceptors (Lipinski definition) is 4. The van der Waals surface area contributed by atoms with Gasteiger partial charge in [0.2, 0.25) is 0 Å². The van der Waals surface area contributed by atoms with Gasteiger partial charge in [-0.1, -0.05) is 6.92 Å². The van der Waals surface area contributed by atoms with Crippen molar-refractivity contribution in [2.75, 3.05) is 39.8 Å². The second kappa shape index (κ2) is 5.65. The minimum absolute atomic E-state index is 0.183. The lowest BCUT2D eigenvalue weighted by atomic mass is 9.77. The first-order valence-electron chi connectivity index (χ1n) is 7.05. The summed E-state index contributed by atoms with van der Waals surface area (Å²) in [6, 6.07) is 0. The second-order valence-electron chi connectivity index (χ2n) is 6.07. The molecule has 1 aliphatic carbocycles. The maximum absolute atomic E-state index is 6.03. The zero-order chi connectivity index (χ0) is 12.3. The largest absolute Gasteiger partial charge is 0.329 e. The van der Waals surface area contributed by atoms with Gasteiger partial charge in [-0.2, -0.15) is 0 Å². The third-order valence-electron chi connectivity index (χ3n) is 4.52. The van der Waals surface area contributed by atoms with E-state index < -0.39 is 0 Å². The van der Waals surface area contributed by atoms with Crippen LogP contribution < -0.4 is 11.2 Å². The normalized spacial score (nSPS) is 37.2. The van der Waals surface area contributed by atoms with Gasteiger partial charge in [-0.15, -0.1) is 0 Å². The number of nitrogens with zero attached hydrogens (tertiary/aromatic N) is 2. The van der Waals surface area contributed by atoms with Crippen LogP contribution in [0.5, 0.6) is 0 Å². The summed E-state index contributed by atoms with van der Waals surface area (Å²) in [5.41, 5.74) is 9.96. The predicted molar refractivity (Wildman–Crippen MR) is 71.6 cm³/mol. The molecule has 1 saturated heterocycles. The van der Waals surface area contributed by atoms with E-state index >= 15 is 0 Å². The smallest absolute Gasteiger partial charge is 0.0448 e. The average molecular weight is 240 g/mol. The third-order valence-corrected chi connectivity index (χ3v) is 4.52. The Morgan fingerprint density at radius 1 is 1.18 bits per heavy atom. The Balaban J connectivity index is 1.86.